The number of ether oxygens (including phenoxy) is 1. The van der Waals surface area contributed by atoms with Gasteiger partial charge in [0.2, 0.25) is 0 Å². The molecular weight excluding hydrogens is 498 g/mol. The predicted molar refractivity (Wildman–Crippen MR) is 156 cm³/mol. The minimum absolute atomic E-state index is 0.00913. The van der Waals surface area contributed by atoms with E-state index in [1.165, 1.54) is 0 Å². The first-order valence-corrected chi connectivity index (χ1v) is 14.4. The molecule has 4 aromatic rings. The number of hydrogen-bond donors (Lipinski definition) is 4. The van der Waals surface area contributed by atoms with Gasteiger partial charge in [-0.25, -0.2) is 4.98 Å². The maximum Gasteiger partial charge on any atom is 0.144 e. The Hall–Kier alpha value is -3.56. The van der Waals surface area contributed by atoms with Crippen LogP contribution >= 0.6 is 0 Å². The topological polar surface area (TPSA) is 103 Å². The molecule has 2 aromatic carbocycles. The van der Waals surface area contributed by atoms with Gasteiger partial charge in [0.15, 0.2) is 0 Å². The Balaban J connectivity index is 1.46. The van der Waals surface area contributed by atoms with Crippen LogP contribution in [0.15, 0.2) is 65.7 Å². The summed E-state index contributed by atoms with van der Waals surface area (Å²) in [6, 6.07) is 17.8. The Labute approximate surface area is 225 Å². The lowest BCUT2D eigenvalue weighted by Gasteiger charge is -2.32. The summed E-state index contributed by atoms with van der Waals surface area (Å²) in [5.74, 6) is 1.40. The summed E-state index contributed by atoms with van der Waals surface area (Å²) in [5.41, 5.74) is 4.30. The van der Waals surface area contributed by atoms with Crippen LogP contribution in [0.3, 0.4) is 0 Å². The lowest BCUT2D eigenvalue weighted by molar-refractivity contribution is 0.145. The molecule has 200 valence electrons. The minimum atomic E-state index is -1.13. The lowest BCUT2D eigenvalue weighted by atomic mass is 10.1. The Morgan fingerprint density at radius 2 is 1.87 bits per heavy atom. The summed E-state index contributed by atoms with van der Waals surface area (Å²) in [6.45, 7) is 8.07. The molecule has 3 heterocycles. The number of aliphatic hydroxyl groups excluding tert-OH is 1. The zero-order valence-corrected chi connectivity index (χ0v) is 22.8. The van der Waals surface area contributed by atoms with Gasteiger partial charge in [-0.2, -0.15) is 0 Å². The molecule has 0 amide bonds. The number of benzene rings is 2. The van der Waals surface area contributed by atoms with Gasteiger partial charge >= 0.3 is 0 Å². The van der Waals surface area contributed by atoms with Crippen LogP contribution in [-0.4, -0.2) is 50.3 Å². The van der Waals surface area contributed by atoms with E-state index in [0.29, 0.717) is 12.4 Å². The number of fused-ring (bicyclic) bond motifs is 1. The number of para-hydroxylation sites is 1. The number of hydrogen-bond acceptors (Lipinski definition) is 7. The van der Waals surface area contributed by atoms with Crippen molar-refractivity contribution in [2.75, 3.05) is 35.2 Å². The summed E-state index contributed by atoms with van der Waals surface area (Å²) in [7, 11) is -1.13. The molecule has 4 N–H and O–H groups in total. The first-order chi connectivity index (χ1) is 18.4. The number of aromatic amines is 1. The number of nitrogens with one attached hydrogen (secondary N) is 3. The van der Waals surface area contributed by atoms with E-state index in [2.05, 4.69) is 26.6 Å². The molecule has 0 bridgehead atoms. The van der Waals surface area contributed by atoms with Crippen LogP contribution in [0.25, 0.3) is 11.0 Å². The van der Waals surface area contributed by atoms with Gasteiger partial charge in [0.05, 0.1) is 45.5 Å². The maximum absolute atomic E-state index is 12.9. The third-order valence-corrected chi connectivity index (χ3v) is 8.33. The van der Waals surface area contributed by atoms with Crippen LogP contribution in [0.5, 0.6) is 5.75 Å². The molecule has 9 heteroatoms. The number of nitrogens with zero attached hydrogens (tertiary/aromatic N) is 2. The highest BCUT2D eigenvalue weighted by Crippen LogP contribution is 2.36. The van der Waals surface area contributed by atoms with E-state index in [4.69, 9.17) is 9.72 Å². The Kier molecular flexibility index (Phi) is 7.85. The average molecular weight is 534 g/mol. The van der Waals surface area contributed by atoms with Crippen molar-refractivity contribution in [3.63, 3.8) is 0 Å². The number of H-pyrrole nitrogens is 1. The fourth-order valence-corrected chi connectivity index (χ4v) is 5.75. The van der Waals surface area contributed by atoms with E-state index in [0.717, 1.165) is 70.4 Å². The Morgan fingerprint density at radius 3 is 2.63 bits per heavy atom. The molecule has 1 aliphatic heterocycles. The normalized spacial score (nSPS) is 15.1. The zero-order chi connectivity index (χ0) is 26.6. The number of aliphatic hydroxyl groups is 1. The van der Waals surface area contributed by atoms with Crippen molar-refractivity contribution in [3.05, 3.63) is 60.8 Å². The van der Waals surface area contributed by atoms with Crippen LogP contribution in [0, 0.1) is 0 Å². The summed E-state index contributed by atoms with van der Waals surface area (Å²) in [4.78, 5) is 11.0. The van der Waals surface area contributed by atoms with Gasteiger partial charge in [-0.1, -0.05) is 26.0 Å². The highest BCUT2D eigenvalue weighted by atomic mass is 32.2. The second-order valence-electron chi connectivity index (χ2n) is 9.72. The monoisotopic (exact) mass is 533 g/mol. The summed E-state index contributed by atoms with van der Waals surface area (Å²) >= 11 is 0. The van der Waals surface area contributed by atoms with Crippen LogP contribution in [0.1, 0.15) is 33.6 Å². The van der Waals surface area contributed by atoms with E-state index in [1.54, 1.807) is 0 Å². The molecule has 0 spiro atoms. The SMILES string of the molecule is CCOc1cc(N2CCC(O)CC2)ccc1Nc1cc(Nc2ccccc2S(=O)C(C)C)c2cc[nH]c2n1. The highest BCUT2D eigenvalue weighted by Gasteiger charge is 2.19. The molecule has 5 rings (SSSR count). The number of rotatable bonds is 9. The van der Waals surface area contributed by atoms with E-state index >= 15 is 0 Å². The summed E-state index contributed by atoms with van der Waals surface area (Å²) < 4.78 is 18.9. The molecule has 2 aromatic heterocycles. The second-order valence-corrected chi connectivity index (χ2v) is 11.7. The molecule has 1 aliphatic rings. The quantitative estimate of drug-likeness (QED) is 0.212. The second kappa shape index (κ2) is 11.4. The van der Waals surface area contributed by atoms with Crippen LogP contribution in [0.4, 0.5) is 28.6 Å². The van der Waals surface area contributed by atoms with Crippen LogP contribution < -0.4 is 20.3 Å². The summed E-state index contributed by atoms with van der Waals surface area (Å²) in [5, 5.41) is 17.8. The molecule has 1 saturated heterocycles. The van der Waals surface area contributed by atoms with Crippen LogP contribution in [0.2, 0.25) is 0 Å². The van der Waals surface area contributed by atoms with Gasteiger partial charge in [0, 0.05) is 47.7 Å². The number of anilines is 5. The smallest absolute Gasteiger partial charge is 0.144 e. The molecule has 38 heavy (non-hydrogen) atoms. The van der Waals surface area contributed by atoms with Crippen molar-refractivity contribution >= 4 is 50.4 Å². The average Bonchev–Trinajstić information content (AvgIpc) is 3.39. The fourth-order valence-electron chi connectivity index (χ4n) is 4.70. The molecule has 1 unspecified atom stereocenters. The number of pyridine rings is 1. The Bertz CT molecular complexity index is 1430. The van der Waals surface area contributed by atoms with E-state index in [9.17, 15) is 9.32 Å². The van der Waals surface area contributed by atoms with E-state index in [-0.39, 0.29) is 11.4 Å². The minimum Gasteiger partial charge on any atom is -0.492 e. The largest absolute Gasteiger partial charge is 0.492 e. The van der Waals surface area contributed by atoms with Gasteiger partial charge in [-0.15, -0.1) is 0 Å². The fraction of sp³-hybridized carbons (Fsp3) is 0.345. The molecule has 0 saturated carbocycles. The van der Waals surface area contributed by atoms with Gasteiger partial charge in [-0.3, -0.25) is 4.21 Å². The molecule has 0 radical (unpaired) electrons. The number of aromatic nitrogens is 2. The van der Waals surface area contributed by atoms with Gasteiger partial charge in [0.25, 0.3) is 0 Å². The van der Waals surface area contributed by atoms with Crippen molar-refractivity contribution in [1.29, 1.82) is 0 Å². The van der Waals surface area contributed by atoms with Crippen molar-refractivity contribution in [3.8, 4) is 5.75 Å². The predicted octanol–water partition coefficient (Wildman–Crippen LogP) is 5.93. The molecule has 1 fully saturated rings. The van der Waals surface area contributed by atoms with E-state index < -0.39 is 10.8 Å². The first-order valence-electron chi connectivity index (χ1n) is 13.1. The standard InChI is InChI=1S/C29H35N5O3S/c1-4-37-26-17-20(34-15-12-21(35)13-16-34)9-10-23(26)32-28-18-25(22-11-14-30-29(22)33-28)31-24-7-5-6-8-27(24)38(36)19(2)3/h5-11,14,17-19,21,35H,4,12-13,15-16H2,1-3H3,(H3,30,31,32,33). The van der Waals surface area contributed by atoms with Gasteiger partial charge < -0.3 is 30.4 Å². The molecular formula is C29H35N5O3S. The van der Waals surface area contributed by atoms with Crippen molar-refractivity contribution < 1.29 is 14.1 Å². The molecule has 8 nitrogen and oxygen atoms in total. The highest BCUT2D eigenvalue weighted by molar-refractivity contribution is 7.85. The maximum atomic E-state index is 12.9. The molecule has 0 aliphatic carbocycles. The summed E-state index contributed by atoms with van der Waals surface area (Å²) in [6.07, 6.45) is 3.19. The third kappa shape index (κ3) is 5.63. The van der Waals surface area contributed by atoms with Crippen molar-refractivity contribution in [2.45, 2.75) is 49.9 Å². The van der Waals surface area contributed by atoms with Crippen LogP contribution in [-0.2, 0) is 10.8 Å². The number of piperidine rings is 1. The lowest BCUT2D eigenvalue weighted by Crippen LogP contribution is -2.35. The van der Waals surface area contributed by atoms with E-state index in [1.807, 2.05) is 75.5 Å². The zero-order valence-electron chi connectivity index (χ0n) is 22.0. The van der Waals surface area contributed by atoms with Crippen molar-refractivity contribution in [2.24, 2.45) is 0 Å². The first kappa shape index (κ1) is 26.1. The van der Waals surface area contributed by atoms with Gasteiger partial charge in [-0.05, 0) is 50.1 Å². The molecule has 1 atom stereocenters. The third-order valence-electron chi connectivity index (χ3n) is 6.69. The van der Waals surface area contributed by atoms with Gasteiger partial charge in [0.1, 0.15) is 17.2 Å². The van der Waals surface area contributed by atoms with Crippen molar-refractivity contribution in [1.82, 2.24) is 9.97 Å². The Morgan fingerprint density at radius 1 is 1.08 bits per heavy atom.